The number of nitrogens with zero attached hydrogens (tertiary/aromatic N) is 3. The average molecular weight is 293 g/mol. The van der Waals surface area contributed by atoms with Gasteiger partial charge in [0.05, 0.1) is 0 Å². The molecule has 6 nitrogen and oxygen atoms in total. The average Bonchev–Trinajstić information content (AvgIpc) is 2.43. The van der Waals surface area contributed by atoms with Crippen molar-refractivity contribution in [1.82, 2.24) is 20.2 Å². The number of rotatable bonds is 9. The lowest BCUT2D eigenvalue weighted by molar-refractivity contribution is 0.0948. The summed E-state index contributed by atoms with van der Waals surface area (Å²) in [4.78, 5) is 22.7. The van der Waals surface area contributed by atoms with Crippen LogP contribution in [-0.2, 0) is 0 Å². The summed E-state index contributed by atoms with van der Waals surface area (Å²) < 4.78 is 0. The molecular weight excluding hydrogens is 266 g/mol. The molecule has 6 heteroatoms. The van der Waals surface area contributed by atoms with Crippen molar-refractivity contribution in [3.63, 3.8) is 0 Å². The van der Waals surface area contributed by atoms with Crippen LogP contribution >= 0.6 is 0 Å². The van der Waals surface area contributed by atoms with E-state index in [1.165, 1.54) is 0 Å². The summed E-state index contributed by atoms with van der Waals surface area (Å²) in [5.74, 6) is 0.389. The second kappa shape index (κ2) is 9.28. The summed E-state index contributed by atoms with van der Waals surface area (Å²) in [5.41, 5.74) is 1.22. The van der Waals surface area contributed by atoms with Crippen LogP contribution in [0.25, 0.3) is 0 Å². The van der Waals surface area contributed by atoms with Gasteiger partial charge in [0.1, 0.15) is 5.69 Å². The molecule has 0 saturated heterocycles. The molecule has 0 aromatic carbocycles. The fourth-order valence-electron chi connectivity index (χ4n) is 1.83. The van der Waals surface area contributed by atoms with Crippen molar-refractivity contribution in [3.8, 4) is 0 Å². The van der Waals surface area contributed by atoms with E-state index in [0.717, 1.165) is 38.0 Å². The van der Waals surface area contributed by atoms with Gasteiger partial charge >= 0.3 is 0 Å². The van der Waals surface area contributed by atoms with Crippen LogP contribution in [0.2, 0.25) is 0 Å². The fourth-order valence-corrected chi connectivity index (χ4v) is 1.83. The first-order chi connectivity index (χ1) is 10.0. The number of hydrogen-bond donors (Lipinski definition) is 2. The van der Waals surface area contributed by atoms with Gasteiger partial charge in [-0.05, 0) is 46.5 Å². The van der Waals surface area contributed by atoms with E-state index in [1.807, 2.05) is 21.0 Å². The van der Waals surface area contributed by atoms with E-state index in [-0.39, 0.29) is 5.91 Å². The molecule has 0 radical (unpaired) electrons. The standard InChI is InChI=1S/C15H27N5O/c1-5-6-8-16-14(21)13-11-12(2)18-15(19-13)17-9-7-10-20(3)4/h11H,5-10H2,1-4H3,(H,16,21)(H,17,18,19). The van der Waals surface area contributed by atoms with E-state index >= 15 is 0 Å². The molecule has 21 heavy (non-hydrogen) atoms. The molecule has 0 unspecified atom stereocenters. The van der Waals surface area contributed by atoms with E-state index < -0.39 is 0 Å². The molecule has 1 aromatic rings. The van der Waals surface area contributed by atoms with Crippen LogP contribution in [0, 0.1) is 6.92 Å². The summed E-state index contributed by atoms with van der Waals surface area (Å²) in [6.45, 7) is 6.44. The molecule has 0 fully saturated rings. The van der Waals surface area contributed by atoms with E-state index in [2.05, 4.69) is 32.4 Å². The Morgan fingerprint density at radius 1 is 1.24 bits per heavy atom. The van der Waals surface area contributed by atoms with Crippen LogP contribution in [0.4, 0.5) is 5.95 Å². The van der Waals surface area contributed by atoms with Gasteiger partial charge in [-0.15, -0.1) is 0 Å². The number of carbonyl (C=O) groups is 1. The zero-order chi connectivity index (χ0) is 15.7. The highest BCUT2D eigenvalue weighted by Crippen LogP contribution is 2.05. The Morgan fingerprint density at radius 3 is 2.67 bits per heavy atom. The number of aryl methyl sites for hydroxylation is 1. The van der Waals surface area contributed by atoms with E-state index in [9.17, 15) is 4.79 Å². The maximum absolute atomic E-state index is 12.0. The van der Waals surface area contributed by atoms with Crippen molar-refractivity contribution in [2.45, 2.75) is 33.1 Å². The largest absolute Gasteiger partial charge is 0.354 e. The molecule has 1 heterocycles. The molecule has 0 saturated carbocycles. The molecule has 1 rings (SSSR count). The van der Waals surface area contributed by atoms with Crippen molar-refractivity contribution < 1.29 is 4.79 Å². The Bertz CT molecular complexity index is 448. The second-order valence-corrected chi connectivity index (χ2v) is 5.41. The predicted molar refractivity (Wildman–Crippen MR) is 85.7 cm³/mol. The first kappa shape index (κ1) is 17.4. The van der Waals surface area contributed by atoms with Crippen LogP contribution < -0.4 is 10.6 Å². The van der Waals surface area contributed by atoms with Gasteiger partial charge in [-0.2, -0.15) is 0 Å². The third-order valence-electron chi connectivity index (χ3n) is 2.97. The molecule has 0 aliphatic rings. The smallest absolute Gasteiger partial charge is 0.270 e. The van der Waals surface area contributed by atoms with Crippen LogP contribution in [0.1, 0.15) is 42.4 Å². The van der Waals surface area contributed by atoms with Gasteiger partial charge in [-0.1, -0.05) is 13.3 Å². The molecule has 0 aliphatic carbocycles. The highest BCUT2D eigenvalue weighted by molar-refractivity contribution is 5.92. The molecule has 118 valence electrons. The van der Waals surface area contributed by atoms with Crippen LogP contribution in [-0.4, -0.2) is 54.5 Å². The lowest BCUT2D eigenvalue weighted by atomic mass is 10.3. The molecule has 0 bridgehead atoms. The molecule has 0 spiro atoms. The van der Waals surface area contributed by atoms with Crippen molar-refractivity contribution in [1.29, 1.82) is 0 Å². The van der Waals surface area contributed by atoms with Gasteiger partial charge in [0.15, 0.2) is 0 Å². The minimum Gasteiger partial charge on any atom is -0.354 e. The van der Waals surface area contributed by atoms with Crippen molar-refractivity contribution in [3.05, 3.63) is 17.5 Å². The monoisotopic (exact) mass is 293 g/mol. The van der Waals surface area contributed by atoms with Crippen molar-refractivity contribution in [2.75, 3.05) is 39.0 Å². The Morgan fingerprint density at radius 2 is 2.00 bits per heavy atom. The Labute approximate surface area is 127 Å². The zero-order valence-electron chi connectivity index (χ0n) is 13.6. The molecule has 2 N–H and O–H groups in total. The Hall–Kier alpha value is -1.69. The predicted octanol–water partition coefficient (Wildman–Crippen LogP) is 1.68. The third-order valence-corrected chi connectivity index (χ3v) is 2.97. The van der Waals surface area contributed by atoms with Crippen molar-refractivity contribution >= 4 is 11.9 Å². The third kappa shape index (κ3) is 7.04. The molecule has 1 amide bonds. The van der Waals surface area contributed by atoms with Gasteiger partial charge < -0.3 is 15.5 Å². The normalized spacial score (nSPS) is 10.7. The number of anilines is 1. The number of amides is 1. The van der Waals surface area contributed by atoms with Crippen LogP contribution in [0.15, 0.2) is 6.07 Å². The minimum absolute atomic E-state index is 0.134. The maximum atomic E-state index is 12.0. The van der Waals surface area contributed by atoms with E-state index in [4.69, 9.17) is 0 Å². The molecule has 1 aromatic heterocycles. The van der Waals surface area contributed by atoms with Crippen molar-refractivity contribution in [2.24, 2.45) is 0 Å². The molecular formula is C15H27N5O. The highest BCUT2D eigenvalue weighted by Gasteiger charge is 2.09. The second-order valence-electron chi connectivity index (χ2n) is 5.41. The van der Waals surface area contributed by atoms with Gasteiger partial charge in [0.25, 0.3) is 5.91 Å². The maximum Gasteiger partial charge on any atom is 0.270 e. The highest BCUT2D eigenvalue weighted by atomic mass is 16.1. The summed E-state index contributed by atoms with van der Waals surface area (Å²) in [7, 11) is 4.09. The summed E-state index contributed by atoms with van der Waals surface area (Å²) in [6.07, 6.45) is 3.04. The number of aromatic nitrogens is 2. The number of carbonyl (C=O) groups excluding carboxylic acids is 1. The topological polar surface area (TPSA) is 70.2 Å². The fraction of sp³-hybridized carbons (Fsp3) is 0.667. The molecule has 0 aliphatic heterocycles. The van der Waals surface area contributed by atoms with E-state index in [1.54, 1.807) is 6.07 Å². The van der Waals surface area contributed by atoms with E-state index in [0.29, 0.717) is 18.2 Å². The van der Waals surface area contributed by atoms with Gasteiger partial charge in [-0.3, -0.25) is 4.79 Å². The lowest BCUT2D eigenvalue weighted by Gasteiger charge is -2.11. The summed E-state index contributed by atoms with van der Waals surface area (Å²) >= 11 is 0. The van der Waals surface area contributed by atoms with Crippen LogP contribution in [0.3, 0.4) is 0 Å². The molecule has 0 atom stereocenters. The Balaban J connectivity index is 2.56. The summed E-state index contributed by atoms with van der Waals surface area (Å²) in [5, 5.41) is 6.05. The number of nitrogens with one attached hydrogen (secondary N) is 2. The SMILES string of the molecule is CCCCNC(=O)c1cc(C)nc(NCCCN(C)C)n1. The quantitative estimate of drug-likeness (QED) is 0.678. The summed E-state index contributed by atoms with van der Waals surface area (Å²) in [6, 6.07) is 1.71. The van der Waals surface area contributed by atoms with Gasteiger partial charge in [0.2, 0.25) is 5.95 Å². The first-order valence-electron chi connectivity index (χ1n) is 7.55. The lowest BCUT2D eigenvalue weighted by Crippen LogP contribution is -2.26. The number of unbranched alkanes of at least 4 members (excludes halogenated alkanes) is 1. The van der Waals surface area contributed by atoms with Crippen LogP contribution in [0.5, 0.6) is 0 Å². The zero-order valence-corrected chi connectivity index (χ0v) is 13.6. The number of hydrogen-bond acceptors (Lipinski definition) is 5. The first-order valence-corrected chi connectivity index (χ1v) is 7.55. The Kier molecular flexibility index (Phi) is 7.68. The van der Waals surface area contributed by atoms with Gasteiger partial charge in [0, 0.05) is 18.8 Å². The van der Waals surface area contributed by atoms with Gasteiger partial charge in [-0.25, -0.2) is 9.97 Å². The minimum atomic E-state index is -0.134.